The summed E-state index contributed by atoms with van der Waals surface area (Å²) in [7, 11) is 0. The minimum absolute atomic E-state index is 0.0742. The highest BCUT2D eigenvalue weighted by atomic mass is 16.6. The lowest BCUT2D eigenvalue weighted by Gasteiger charge is -2.18. The first-order valence-corrected chi connectivity index (χ1v) is 30.6. The SMILES string of the molecule is CC/C=C\C/C=C\C/C=C\CCCCCCCCCC(=O)OC(COC(=O)CCCCCCCCCCC/C=C\CCCCCCCC)COC(=O)CCCCCCCCCCCCCCCCCC. The molecule has 6 heteroatoms. The van der Waals surface area contributed by atoms with Gasteiger partial charge in [0.25, 0.3) is 0 Å². The molecular weight excluding hydrogens is 865 g/mol. The van der Waals surface area contributed by atoms with E-state index in [9.17, 15) is 14.4 Å². The van der Waals surface area contributed by atoms with Gasteiger partial charge < -0.3 is 14.2 Å². The van der Waals surface area contributed by atoms with Gasteiger partial charge in [-0.25, -0.2) is 0 Å². The molecule has 0 aliphatic rings. The fourth-order valence-electron chi connectivity index (χ4n) is 8.98. The Morgan fingerprint density at radius 3 is 0.886 bits per heavy atom. The van der Waals surface area contributed by atoms with Crippen LogP contribution < -0.4 is 0 Å². The molecule has 0 bridgehead atoms. The molecule has 0 heterocycles. The quantitative estimate of drug-likeness (QED) is 0.0261. The smallest absolute Gasteiger partial charge is 0.306 e. The van der Waals surface area contributed by atoms with E-state index in [1.54, 1.807) is 0 Å². The highest BCUT2D eigenvalue weighted by Gasteiger charge is 2.19. The molecule has 0 aromatic carbocycles. The van der Waals surface area contributed by atoms with Crippen LogP contribution in [0.15, 0.2) is 48.6 Å². The fourth-order valence-corrected chi connectivity index (χ4v) is 8.98. The van der Waals surface area contributed by atoms with Crippen molar-refractivity contribution in [3.05, 3.63) is 48.6 Å². The molecule has 408 valence electrons. The van der Waals surface area contributed by atoms with Crippen LogP contribution in [0.4, 0.5) is 0 Å². The molecule has 0 radical (unpaired) electrons. The van der Waals surface area contributed by atoms with Crippen LogP contribution in [-0.4, -0.2) is 37.2 Å². The number of carbonyl (C=O) groups is 3. The van der Waals surface area contributed by atoms with Gasteiger partial charge in [-0.3, -0.25) is 14.4 Å². The molecule has 0 aromatic rings. The zero-order chi connectivity index (χ0) is 50.7. The summed E-state index contributed by atoms with van der Waals surface area (Å²) in [5, 5.41) is 0. The van der Waals surface area contributed by atoms with Crippen LogP contribution in [0, 0.1) is 0 Å². The average Bonchev–Trinajstić information content (AvgIpc) is 3.36. The summed E-state index contributed by atoms with van der Waals surface area (Å²) in [4.78, 5) is 38.3. The van der Waals surface area contributed by atoms with Crippen molar-refractivity contribution in [1.29, 1.82) is 0 Å². The van der Waals surface area contributed by atoms with Crippen LogP contribution in [-0.2, 0) is 28.6 Å². The van der Waals surface area contributed by atoms with Gasteiger partial charge in [0.05, 0.1) is 0 Å². The number of rotatable bonds is 56. The highest BCUT2D eigenvalue weighted by molar-refractivity contribution is 5.71. The van der Waals surface area contributed by atoms with E-state index < -0.39 is 6.10 Å². The summed E-state index contributed by atoms with van der Waals surface area (Å²) in [5.74, 6) is -0.867. The number of carbonyl (C=O) groups excluding carboxylic acids is 3. The predicted octanol–water partition coefficient (Wildman–Crippen LogP) is 20.6. The normalized spacial score (nSPS) is 12.3. The molecule has 1 unspecified atom stereocenters. The Kier molecular flexibility index (Phi) is 56.7. The van der Waals surface area contributed by atoms with Gasteiger partial charge in [0.1, 0.15) is 13.2 Å². The molecule has 0 saturated heterocycles. The van der Waals surface area contributed by atoms with E-state index in [0.29, 0.717) is 19.3 Å². The Morgan fingerprint density at radius 2 is 0.557 bits per heavy atom. The Balaban J connectivity index is 4.35. The first kappa shape index (κ1) is 67.4. The van der Waals surface area contributed by atoms with Crippen molar-refractivity contribution in [3.8, 4) is 0 Å². The minimum atomic E-state index is -0.777. The summed E-state index contributed by atoms with van der Waals surface area (Å²) in [5.41, 5.74) is 0. The third-order valence-corrected chi connectivity index (χ3v) is 13.6. The molecule has 0 amide bonds. The molecule has 1 atom stereocenters. The van der Waals surface area contributed by atoms with Crippen molar-refractivity contribution >= 4 is 17.9 Å². The molecule has 0 N–H and O–H groups in total. The van der Waals surface area contributed by atoms with E-state index in [0.717, 1.165) is 83.5 Å². The lowest BCUT2D eigenvalue weighted by Crippen LogP contribution is -2.30. The third kappa shape index (κ3) is 56.3. The highest BCUT2D eigenvalue weighted by Crippen LogP contribution is 2.17. The maximum absolute atomic E-state index is 12.9. The number of unbranched alkanes of at least 4 members (excludes halogenated alkanes) is 37. The van der Waals surface area contributed by atoms with Gasteiger partial charge in [-0.05, 0) is 77.0 Å². The van der Waals surface area contributed by atoms with E-state index in [-0.39, 0.29) is 31.1 Å². The van der Waals surface area contributed by atoms with Crippen LogP contribution in [0.3, 0.4) is 0 Å². The van der Waals surface area contributed by atoms with Crippen molar-refractivity contribution in [2.45, 2.75) is 329 Å². The predicted molar refractivity (Wildman–Crippen MR) is 302 cm³/mol. The molecule has 6 nitrogen and oxygen atoms in total. The lowest BCUT2D eigenvalue weighted by atomic mass is 10.0. The van der Waals surface area contributed by atoms with Crippen LogP contribution >= 0.6 is 0 Å². The number of hydrogen-bond acceptors (Lipinski definition) is 6. The van der Waals surface area contributed by atoms with Gasteiger partial charge in [0.15, 0.2) is 6.10 Å². The molecule has 0 spiro atoms. The van der Waals surface area contributed by atoms with Crippen LogP contribution in [0.5, 0.6) is 0 Å². The maximum Gasteiger partial charge on any atom is 0.306 e. The summed E-state index contributed by atoms with van der Waals surface area (Å²) in [6.45, 7) is 6.57. The standard InChI is InChI=1S/C64H116O6/c1-4-7-10-13-16-19-22-25-28-31-32-34-36-39-42-45-48-51-54-57-63(66)69-60-61(59-68-62(65)56-53-50-47-44-41-38-35-30-27-24-21-18-15-12-9-6-3)70-64(67)58-55-52-49-46-43-40-37-33-29-26-23-20-17-14-11-8-5-2/h8,11,17,20,25-26,28-29,61H,4-7,9-10,12-16,18-19,21-24,27,30-60H2,1-3H3/b11-8-,20-17-,28-25-,29-26-. The van der Waals surface area contributed by atoms with E-state index in [1.165, 1.54) is 199 Å². The zero-order valence-corrected chi connectivity index (χ0v) is 46.8. The molecule has 0 aromatic heterocycles. The molecule has 0 aliphatic carbocycles. The van der Waals surface area contributed by atoms with Crippen molar-refractivity contribution in [2.75, 3.05) is 13.2 Å². The van der Waals surface area contributed by atoms with E-state index in [1.807, 2.05) is 0 Å². The molecule has 0 saturated carbocycles. The Hall–Kier alpha value is -2.63. The van der Waals surface area contributed by atoms with Gasteiger partial charge in [0.2, 0.25) is 0 Å². The van der Waals surface area contributed by atoms with E-state index in [4.69, 9.17) is 14.2 Å². The minimum Gasteiger partial charge on any atom is -0.462 e. The molecule has 0 rings (SSSR count). The fraction of sp³-hybridized carbons (Fsp3) is 0.828. The average molecular weight is 982 g/mol. The molecule has 0 aliphatic heterocycles. The lowest BCUT2D eigenvalue weighted by molar-refractivity contribution is -0.167. The number of ether oxygens (including phenoxy) is 3. The summed E-state index contributed by atoms with van der Waals surface area (Å²) < 4.78 is 16.9. The Morgan fingerprint density at radius 1 is 0.300 bits per heavy atom. The second-order valence-corrected chi connectivity index (χ2v) is 20.6. The largest absolute Gasteiger partial charge is 0.462 e. The second kappa shape index (κ2) is 58.9. The van der Waals surface area contributed by atoms with E-state index >= 15 is 0 Å². The Labute approximate surface area is 435 Å². The Bertz CT molecular complexity index is 1220. The number of allylic oxidation sites excluding steroid dienone is 8. The summed E-state index contributed by atoms with van der Waals surface area (Å²) in [6, 6.07) is 0. The summed E-state index contributed by atoms with van der Waals surface area (Å²) >= 11 is 0. The first-order chi connectivity index (χ1) is 34.5. The van der Waals surface area contributed by atoms with Crippen LogP contribution in [0.25, 0.3) is 0 Å². The topological polar surface area (TPSA) is 78.9 Å². The van der Waals surface area contributed by atoms with Crippen molar-refractivity contribution in [3.63, 3.8) is 0 Å². The van der Waals surface area contributed by atoms with Gasteiger partial charge in [-0.1, -0.05) is 275 Å². The summed E-state index contributed by atoms with van der Waals surface area (Å²) in [6.07, 6.45) is 72.5. The van der Waals surface area contributed by atoms with Gasteiger partial charge in [0, 0.05) is 19.3 Å². The molecule has 70 heavy (non-hydrogen) atoms. The first-order valence-electron chi connectivity index (χ1n) is 30.6. The zero-order valence-electron chi connectivity index (χ0n) is 46.8. The van der Waals surface area contributed by atoms with Crippen molar-refractivity contribution in [2.24, 2.45) is 0 Å². The van der Waals surface area contributed by atoms with E-state index in [2.05, 4.69) is 69.4 Å². The molecular formula is C64H116O6. The van der Waals surface area contributed by atoms with Crippen molar-refractivity contribution < 1.29 is 28.6 Å². The van der Waals surface area contributed by atoms with Crippen LogP contribution in [0.1, 0.15) is 323 Å². The van der Waals surface area contributed by atoms with Gasteiger partial charge >= 0.3 is 17.9 Å². The maximum atomic E-state index is 12.9. The van der Waals surface area contributed by atoms with Crippen LogP contribution in [0.2, 0.25) is 0 Å². The second-order valence-electron chi connectivity index (χ2n) is 20.6. The third-order valence-electron chi connectivity index (χ3n) is 13.6. The number of esters is 3. The van der Waals surface area contributed by atoms with Gasteiger partial charge in [-0.15, -0.1) is 0 Å². The monoisotopic (exact) mass is 981 g/mol. The van der Waals surface area contributed by atoms with Crippen molar-refractivity contribution in [1.82, 2.24) is 0 Å². The van der Waals surface area contributed by atoms with Gasteiger partial charge in [-0.2, -0.15) is 0 Å². The number of hydrogen-bond donors (Lipinski definition) is 0. The molecule has 0 fully saturated rings.